The number of rotatable bonds is 10. The minimum Gasteiger partial charge on any atom is -0.352 e. The maximum atomic E-state index is 13.1. The van der Waals surface area contributed by atoms with E-state index in [-0.39, 0.29) is 29.7 Å². The zero-order chi connectivity index (χ0) is 20.0. The molecule has 5 nitrogen and oxygen atoms in total. The molecule has 0 saturated carbocycles. The molecule has 2 unspecified atom stereocenters. The smallest absolute Gasteiger partial charge is 0.262 e. The Balaban J connectivity index is 2.19. The fraction of sp³-hybridized carbons (Fsp3) is 0.591. The van der Waals surface area contributed by atoms with Crippen molar-refractivity contribution in [1.29, 1.82) is 0 Å². The quantitative estimate of drug-likeness (QED) is 0.495. The van der Waals surface area contributed by atoms with Crippen molar-refractivity contribution in [3.8, 4) is 0 Å². The summed E-state index contributed by atoms with van der Waals surface area (Å²) in [5.74, 6) is -0.766. The second-order valence-corrected chi connectivity index (χ2v) is 7.78. The molecule has 1 N–H and O–H groups in total. The van der Waals surface area contributed by atoms with E-state index in [0.717, 1.165) is 32.1 Å². The lowest BCUT2D eigenvalue weighted by atomic mass is 10.00. The van der Waals surface area contributed by atoms with Gasteiger partial charge in [-0.3, -0.25) is 19.3 Å². The van der Waals surface area contributed by atoms with Crippen LogP contribution in [-0.4, -0.2) is 34.7 Å². The summed E-state index contributed by atoms with van der Waals surface area (Å²) in [6.07, 6.45) is 5.56. The van der Waals surface area contributed by atoms with Gasteiger partial charge in [0.25, 0.3) is 11.8 Å². The van der Waals surface area contributed by atoms with Gasteiger partial charge in [-0.2, -0.15) is 0 Å². The van der Waals surface area contributed by atoms with E-state index in [9.17, 15) is 14.4 Å². The van der Waals surface area contributed by atoms with Crippen LogP contribution >= 0.6 is 0 Å². The zero-order valence-electron chi connectivity index (χ0n) is 17.0. The molecule has 2 atom stereocenters. The van der Waals surface area contributed by atoms with E-state index < -0.39 is 6.04 Å². The molecule has 0 aliphatic carbocycles. The third-order valence-corrected chi connectivity index (χ3v) is 5.13. The number of hydrogen-bond donors (Lipinski definition) is 1. The molecular formula is C22H32N2O3. The standard InChI is InChI=1S/C22H32N2O3/c1-5-7-8-11-16(6-2)23-20(25)19(14-15(3)4)24-21(26)17-12-9-10-13-18(17)22(24)27/h9-10,12-13,15-16,19H,5-8,11,14H2,1-4H3,(H,23,25). The van der Waals surface area contributed by atoms with E-state index >= 15 is 0 Å². The largest absolute Gasteiger partial charge is 0.352 e. The molecule has 1 aromatic rings. The topological polar surface area (TPSA) is 66.5 Å². The minimum absolute atomic E-state index is 0.0777. The van der Waals surface area contributed by atoms with Gasteiger partial charge < -0.3 is 5.32 Å². The Morgan fingerprint density at radius 2 is 1.63 bits per heavy atom. The molecular weight excluding hydrogens is 340 g/mol. The average Bonchev–Trinajstić information content (AvgIpc) is 2.90. The van der Waals surface area contributed by atoms with Crippen LogP contribution in [0.1, 0.15) is 86.9 Å². The lowest BCUT2D eigenvalue weighted by Crippen LogP contribution is -2.52. The van der Waals surface area contributed by atoms with Crippen molar-refractivity contribution in [3.63, 3.8) is 0 Å². The number of amides is 3. The highest BCUT2D eigenvalue weighted by atomic mass is 16.2. The molecule has 0 bridgehead atoms. The normalized spacial score (nSPS) is 15.8. The van der Waals surface area contributed by atoms with E-state index in [4.69, 9.17) is 0 Å². The van der Waals surface area contributed by atoms with Gasteiger partial charge in [0.2, 0.25) is 5.91 Å². The Labute approximate surface area is 162 Å². The third kappa shape index (κ3) is 4.96. The van der Waals surface area contributed by atoms with Crippen molar-refractivity contribution in [2.75, 3.05) is 0 Å². The van der Waals surface area contributed by atoms with E-state index in [0.29, 0.717) is 17.5 Å². The number of fused-ring (bicyclic) bond motifs is 1. The van der Waals surface area contributed by atoms with E-state index in [2.05, 4.69) is 19.2 Å². The SMILES string of the molecule is CCCCCC(CC)NC(=O)C(CC(C)C)N1C(=O)c2ccccc2C1=O. The fourth-order valence-corrected chi connectivity index (χ4v) is 3.58. The summed E-state index contributed by atoms with van der Waals surface area (Å²) >= 11 is 0. The minimum atomic E-state index is -0.766. The molecule has 1 aliphatic heterocycles. The molecule has 27 heavy (non-hydrogen) atoms. The highest BCUT2D eigenvalue weighted by Gasteiger charge is 2.42. The molecule has 148 valence electrons. The van der Waals surface area contributed by atoms with Gasteiger partial charge in [0.05, 0.1) is 11.1 Å². The second kappa shape index (κ2) is 9.67. The van der Waals surface area contributed by atoms with E-state index in [1.165, 1.54) is 4.90 Å². The molecule has 2 rings (SSSR count). The molecule has 1 aromatic carbocycles. The molecule has 0 spiro atoms. The van der Waals surface area contributed by atoms with E-state index in [1.807, 2.05) is 13.8 Å². The summed E-state index contributed by atoms with van der Waals surface area (Å²) in [7, 11) is 0. The number of hydrogen-bond acceptors (Lipinski definition) is 3. The van der Waals surface area contributed by atoms with Crippen LogP contribution in [0.25, 0.3) is 0 Å². The number of nitrogens with one attached hydrogen (secondary N) is 1. The Morgan fingerprint density at radius 1 is 1.04 bits per heavy atom. The summed E-state index contributed by atoms with van der Waals surface area (Å²) in [4.78, 5) is 39.9. The Kier molecular flexibility index (Phi) is 7.57. The summed E-state index contributed by atoms with van der Waals surface area (Å²) in [6.45, 7) is 8.20. The van der Waals surface area contributed by atoms with Gasteiger partial charge in [0, 0.05) is 6.04 Å². The lowest BCUT2D eigenvalue weighted by molar-refractivity contribution is -0.126. The first-order valence-corrected chi connectivity index (χ1v) is 10.2. The number of carbonyl (C=O) groups excluding carboxylic acids is 3. The third-order valence-electron chi connectivity index (χ3n) is 5.13. The maximum Gasteiger partial charge on any atom is 0.262 e. The first kappa shape index (κ1) is 21.1. The number of nitrogens with zero attached hydrogens (tertiary/aromatic N) is 1. The fourth-order valence-electron chi connectivity index (χ4n) is 3.58. The summed E-state index contributed by atoms with van der Waals surface area (Å²) < 4.78 is 0. The maximum absolute atomic E-state index is 13.1. The predicted octanol–water partition coefficient (Wildman–Crippen LogP) is 4.17. The van der Waals surface area contributed by atoms with Crippen molar-refractivity contribution in [2.24, 2.45) is 5.92 Å². The zero-order valence-corrected chi connectivity index (χ0v) is 17.0. The summed E-state index contributed by atoms with van der Waals surface area (Å²) in [6, 6.07) is 6.10. The first-order chi connectivity index (χ1) is 12.9. The van der Waals surface area contributed by atoms with Crippen LogP contribution in [0.5, 0.6) is 0 Å². The number of imide groups is 1. The Bertz CT molecular complexity index is 649. The summed E-state index contributed by atoms with van der Waals surface area (Å²) in [5, 5.41) is 3.09. The molecule has 0 radical (unpaired) electrons. The van der Waals surface area contributed by atoms with Gasteiger partial charge in [-0.15, -0.1) is 0 Å². The molecule has 0 saturated heterocycles. The number of unbranched alkanes of at least 4 members (excludes halogenated alkanes) is 2. The molecule has 1 aliphatic rings. The van der Waals surface area contributed by atoms with Crippen molar-refractivity contribution in [2.45, 2.75) is 78.3 Å². The number of benzene rings is 1. The van der Waals surface area contributed by atoms with Gasteiger partial charge >= 0.3 is 0 Å². The van der Waals surface area contributed by atoms with Gasteiger partial charge in [-0.25, -0.2) is 0 Å². The monoisotopic (exact) mass is 372 g/mol. The Hall–Kier alpha value is -2.17. The highest BCUT2D eigenvalue weighted by Crippen LogP contribution is 2.27. The van der Waals surface area contributed by atoms with Crippen LogP contribution in [0.4, 0.5) is 0 Å². The Morgan fingerprint density at radius 3 is 2.11 bits per heavy atom. The van der Waals surface area contributed by atoms with Crippen LogP contribution in [0.3, 0.4) is 0 Å². The molecule has 5 heteroatoms. The molecule has 0 aromatic heterocycles. The highest BCUT2D eigenvalue weighted by molar-refractivity contribution is 6.22. The van der Waals surface area contributed by atoms with E-state index in [1.54, 1.807) is 24.3 Å². The average molecular weight is 373 g/mol. The van der Waals surface area contributed by atoms with Crippen LogP contribution in [-0.2, 0) is 4.79 Å². The van der Waals surface area contributed by atoms with Crippen LogP contribution in [0.2, 0.25) is 0 Å². The van der Waals surface area contributed by atoms with Crippen molar-refractivity contribution < 1.29 is 14.4 Å². The molecule has 1 heterocycles. The molecule has 3 amide bonds. The van der Waals surface area contributed by atoms with Crippen LogP contribution in [0, 0.1) is 5.92 Å². The first-order valence-electron chi connectivity index (χ1n) is 10.2. The van der Waals surface area contributed by atoms with Gasteiger partial charge in [-0.1, -0.05) is 59.1 Å². The second-order valence-electron chi connectivity index (χ2n) is 7.78. The van der Waals surface area contributed by atoms with Crippen molar-refractivity contribution in [1.82, 2.24) is 10.2 Å². The van der Waals surface area contributed by atoms with Crippen LogP contribution < -0.4 is 5.32 Å². The van der Waals surface area contributed by atoms with Gasteiger partial charge in [-0.05, 0) is 37.3 Å². The van der Waals surface area contributed by atoms with Crippen molar-refractivity contribution in [3.05, 3.63) is 35.4 Å². The number of carbonyl (C=O) groups is 3. The predicted molar refractivity (Wildman–Crippen MR) is 107 cm³/mol. The van der Waals surface area contributed by atoms with Crippen molar-refractivity contribution >= 4 is 17.7 Å². The van der Waals surface area contributed by atoms with Crippen LogP contribution in [0.15, 0.2) is 24.3 Å². The lowest BCUT2D eigenvalue weighted by Gasteiger charge is -2.28. The van der Waals surface area contributed by atoms with Gasteiger partial charge in [0.1, 0.15) is 6.04 Å². The molecule has 0 fully saturated rings. The summed E-state index contributed by atoms with van der Waals surface area (Å²) in [5.41, 5.74) is 0.776. The van der Waals surface area contributed by atoms with Gasteiger partial charge in [0.15, 0.2) is 0 Å².